The summed E-state index contributed by atoms with van der Waals surface area (Å²) in [5, 5.41) is 10.3. The van der Waals surface area contributed by atoms with E-state index in [1.165, 1.54) is 0 Å². The van der Waals surface area contributed by atoms with Crippen molar-refractivity contribution in [1.82, 2.24) is 9.80 Å². The molecular weight excluding hydrogens is 288 g/mol. The maximum Gasteiger partial charge on any atom is 0.226 e. The predicted octanol–water partition coefficient (Wildman–Crippen LogP) is 2.22. The maximum absolute atomic E-state index is 12.5. The number of aliphatic hydroxyl groups is 1. The van der Waals surface area contributed by atoms with Gasteiger partial charge in [0.2, 0.25) is 5.91 Å². The average molecular weight is 314 g/mol. The molecule has 1 N–H and O–H groups in total. The zero-order valence-corrected chi connectivity index (χ0v) is 13.6. The summed E-state index contributed by atoms with van der Waals surface area (Å²) in [5.74, 6) is 0.499. The number of β-amino-alcohol motifs (C(OH)–C–C–N with tert-alkyl or cyclic N) is 1. The first-order valence-corrected chi connectivity index (χ1v) is 8.63. The molecule has 2 atom stereocenters. The van der Waals surface area contributed by atoms with Gasteiger partial charge in [-0.15, -0.1) is 0 Å². The monoisotopic (exact) mass is 314 g/mol. The van der Waals surface area contributed by atoms with Crippen LogP contribution in [0.2, 0.25) is 0 Å². The summed E-state index contributed by atoms with van der Waals surface area (Å²) in [5.41, 5.74) is 0.958. The van der Waals surface area contributed by atoms with Crippen molar-refractivity contribution in [2.45, 2.75) is 25.4 Å². The van der Waals surface area contributed by atoms with E-state index in [-0.39, 0.29) is 5.92 Å². The molecule has 1 fully saturated rings. The first-order valence-electron chi connectivity index (χ1n) is 8.63. The Balaban J connectivity index is 1.46. The van der Waals surface area contributed by atoms with E-state index in [1.54, 1.807) is 0 Å². The Morgan fingerprint density at radius 2 is 1.87 bits per heavy atom. The van der Waals surface area contributed by atoms with Gasteiger partial charge in [0.25, 0.3) is 0 Å². The summed E-state index contributed by atoms with van der Waals surface area (Å²) in [6, 6.07) is 9.78. The molecule has 2 unspecified atom stereocenters. The van der Waals surface area contributed by atoms with E-state index in [1.807, 2.05) is 35.2 Å². The van der Waals surface area contributed by atoms with Crippen LogP contribution in [0.3, 0.4) is 0 Å². The van der Waals surface area contributed by atoms with Crippen molar-refractivity contribution in [1.29, 1.82) is 0 Å². The second-order valence-electron chi connectivity index (χ2n) is 6.53. The molecule has 0 bridgehead atoms. The molecule has 3 rings (SSSR count). The minimum atomic E-state index is -0.457. The van der Waals surface area contributed by atoms with Crippen LogP contribution in [0.5, 0.6) is 0 Å². The number of amides is 1. The SMILES string of the molecule is O=C(C1CC=CCC1)N1CCN(CC(O)c2ccccc2)CC1. The van der Waals surface area contributed by atoms with Crippen LogP contribution in [0, 0.1) is 5.92 Å². The number of hydrogen-bond donors (Lipinski definition) is 1. The first kappa shape index (κ1) is 16.2. The van der Waals surface area contributed by atoms with Gasteiger partial charge in [0.05, 0.1) is 6.10 Å². The highest BCUT2D eigenvalue weighted by Crippen LogP contribution is 2.22. The van der Waals surface area contributed by atoms with Crippen molar-refractivity contribution in [3.05, 3.63) is 48.0 Å². The number of hydrogen-bond acceptors (Lipinski definition) is 3. The number of carbonyl (C=O) groups is 1. The molecule has 1 aliphatic carbocycles. The Morgan fingerprint density at radius 3 is 2.52 bits per heavy atom. The number of carbonyl (C=O) groups excluding carboxylic acids is 1. The highest BCUT2D eigenvalue weighted by molar-refractivity contribution is 5.79. The molecule has 4 nitrogen and oxygen atoms in total. The molecule has 1 amide bonds. The molecule has 0 saturated carbocycles. The highest BCUT2D eigenvalue weighted by atomic mass is 16.3. The molecule has 1 aromatic carbocycles. The zero-order valence-electron chi connectivity index (χ0n) is 13.6. The summed E-state index contributed by atoms with van der Waals surface area (Å²) in [7, 11) is 0. The molecule has 1 heterocycles. The van der Waals surface area contributed by atoms with Gasteiger partial charge in [0, 0.05) is 38.6 Å². The van der Waals surface area contributed by atoms with Crippen molar-refractivity contribution in [2.24, 2.45) is 5.92 Å². The van der Waals surface area contributed by atoms with E-state index in [0.717, 1.165) is 51.0 Å². The fraction of sp³-hybridized carbons (Fsp3) is 0.526. The summed E-state index contributed by atoms with van der Waals surface area (Å²) in [4.78, 5) is 16.8. The van der Waals surface area contributed by atoms with Crippen molar-refractivity contribution >= 4 is 5.91 Å². The van der Waals surface area contributed by atoms with Crippen LogP contribution in [0.1, 0.15) is 30.9 Å². The average Bonchev–Trinajstić information content (AvgIpc) is 2.63. The van der Waals surface area contributed by atoms with Gasteiger partial charge in [-0.05, 0) is 24.8 Å². The van der Waals surface area contributed by atoms with E-state index in [0.29, 0.717) is 12.5 Å². The standard InChI is InChI=1S/C19H26N2O2/c22-18(16-7-3-1-4-8-16)15-20-11-13-21(14-12-20)19(23)17-9-5-2-6-10-17/h1-5,7-8,17-18,22H,6,9-15H2. The van der Waals surface area contributed by atoms with Crippen LogP contribution in [0.15, 0.2) is 42.5 Å². The largest absolute Gasteiger partial charge is 0.387 e. The Hall–Kier alpha value is -1.65. The Kier molecular flexibility index (Phi) is 5.47. The molecule has 0 aromatic heterocycles. The lowest BCUT2D eigenvalue weighted by atomic mass is 9.93. The Labute approximate surface area is 138 Å². The van der Waals surface area contributed by atoms with Gasteiger partial charge < -0.3 is 10.0 Å². The topological polar surface area (TPSA) is 43.8 Å². The van der Waals surface area contributed by atoms with Crippen LogP contribution >= 0.6 is 0 Å². The number of aliphatic hydroxyl groups excluding tert-OH is 1. The summed E-state index contributed by atoms with van der Waals surface area (Å²) < 4.78 is 0. The molecule has 1 aliphatic heterocycles. The van der Waals surface area contributed by atoms with Crippen LogP contribution < -0.4 is 0 Å². The summed E-state index contributed by atoms with van der Waals surface area (Å²) in [6.45, 7) is 3.88. The van der Waals surface area contributed by atoms with E-state index >= 15 is 0 Å². The number of nitrogens with zero attached hydrogens (tertiary/aromatic N) is 2. The van der Waals surface area contributed by atoms with Crippen molar-refractivity contribution in [2.75, 3.05) is 32.7 Å². The lowest BCUT2D eigenvalue weighted by Gasteiger charge is -2.37. The lowest BCUT2D eigenvalue weighted by Crippen LogP contribution is -2.51. The number of benzene rings is 1. The van der Waals surface area contributed by atoms with Crippen LogP contribution in [-0.2, 0) is 4.79 Å². The molecule has 1 aromatic rings. The van der Waals surface area contributed by atoms with Gasteiger partial charge in [-0.1, -0.05) is 42.5 Å². The van der Waals surface area contributed by atoms with E-state index < -0.39 is 6.10 Å². The second-order valence-corrected chi connectivity index (χ2v) is 6.53. The molecule has 1 saturated heterocycles. The first-order chi connectivity index (χ1) is 11.2. The van der Waals surface area contributed by atoms with E-state index in [4.69, 9.17) is 0 Å². The summed E-state index contributed by atoms with van der Waals surface area (Å²) in [6.07, 6.45) is 6.76. The van der Waals surface area contributed by atoms with Gasteiger partial charge in [-0.25, -0.2) is 0 Å². The quantitative estimate of drug-likeness (QED) is 0.867. The third-order valence-corrected chi connectivity index (χ3v) is 4.92. The van der Waals surface area contributed by atoms with Gasteiger partial charge in [0.1, 0.15) is 0 Å². The maximum atomic E-state index is 12.5. The van der Waals surface area contributed by atoms with Gasteiger partial charge in [0.15, 0.2) is 0 Å². The molecule has 0 spiro atoms. The Bertz CT molecular complexity index is 536. The third-order valence-electron chi connectivity index (χ3n) is 4.92. The minimum Gasteiger partial charge on any atom is -0.387 e. The summed E-state index contributed by atoms with van der Waals surface area (Å²) >= 11 is 0. The van der Waals surface area contributed by atoms with Crippen LogP contribution in [0.25, 0.3) is 0 Å². The van der Waals surface area contributed by atoms with E-state index in [9.17, 15) is 9.90 Å². The number of allylic oxidation sites excluding steroid dienone is 2. The molecule has 2 aliphatic rings. The normalized spacial score (nSPS) is 23.7. The zero-order chi connectivity index (χ0) is 16.1. The number of rotatable bonds is 4. The van der Waals surface area contributed by atoms with Gasteiger partial charge >= 0.3 is 0 Å². The van der Waals surface area contributed by atoms with Crippen LogP contribution in [0.4, 0.5) is 0 Å². The van der Waals surface area contributed by atoms with Crippen LogP contribution in [-0.4, -0.2) is 53.5 Å². The van der Waals surface area contributed by atoms with E-state index in [2.05, 4.69) is 17.1 Å². The molecule has 23 heavy (non-hydrogen) atoms. The second kappa shape index (κ2) is 7.75. The molecular formula is C19H26N2O2. The van der Waals surface area contributed by atoms with Gasteiger partial charge in [-0.2, -0.15) is 0 Å². The third kappa shape index (κ3) is 4.21. The predicted molar refractivity (Wildman–Crippen MR) is 90.9 cm³/mol. The fourth-order valence-corrected chi connectivity index (χ4v) is 3.45. The molecule has 4 heteroatoms. The lowest BCUT2D eigenvalue weighted by molar-refractivity contribution is -0.137. The fourth-order valence-electron chi connectivity index (χ4n) is 3.45. The molecule has 124 valence electrons. The van der Waals surface area contributed by atoms with Crippen molar-refractivity contribution < 1.29 is 9.90 Å². The van der Waals surface area contributed by atoms with Crippen molar-refractivity contribution in [3.63, 3.8) is 0 Å². The van der Waals surface area contributed by atoms with Gasteiger partial charge in [-0.3, -0.25) is 9.69 Å². The highest BCUT2D eigenvalue weighted by Gasteiger charge is 2.27. The number of piperazine rings is 1. The Morgan fingerprint density at radius 1 is 1.13 bits per heavy atom. The molecule has 0 radical (unpaired) electrons. The smallest absolute Gasteiger partial charge is 0.226 e. The van der Waals surface area contributed by atoms with Crippen molar-refractivity contribution in [3.8, 4) is 0 Å². The minimum absolute atomic E-state index is 0.182.